The van der Waals surface area contributed by atoms with E-state index in [9.17, 15) is 24.3 Å². The lowest BCUT2D eigenvalue weighted by Crippen LogP contribution is -2.50. The van der Waals surface area contributed by atoms with Crippen molar-refractivity contribution < 1.29 is 29.0 Å². The Morgan fingerprint density at radius 2 is 1.43 bits per heavy atom. The summed E-state index contributed by atoms with van der Waals surface area (Å²) in [6.07, 6.45) is 5.35. The topological polar surface area (TPSA) is 182 Å². The van der Waals surface area contributed by atoms with Gasteiger partial charge in [-0.1, -0.05) is 76.2 Å². The first-order chi connectivity index (χ1) is 24.4. The molecule has 268 valence electrons. The van der Waals surface area contributed by atoms with Crippen LogP contribution in [0, 0.1) is 17.8 Å². The fraction of sp³-hybridized carbons (Fsp3) is 0.421. The molecule has 4 aromatic rings. The Kier molecular flexibility index (Phi) is 10.00. The summed E-state index contributed by atoms with van der Waals surface area (Å²) in [5, 5.41) is 14.7. The fourth-order valence-corrected chi connectivity index (χ4v) is 6.86. The molecule has 0 radical (unpaired) electrons. The van der Waals surface area contributed by atoms with Gasteiger partial charge in [-0.25, -0.2) is 14.8 Å². The van der Waals surface area contributed by atoms with Gasteiger partial charge in [0.15, 0.2) is 0 Å². The van der Waals surface area contributed by atoms with Crippen LogP contribution in [-0.2, 0) is 24.7 Å². The van der Waals surface area contributed by atoms with Crippen molar-refractivity contribution >= 4 is 23.9 Å². The number of esters is 1. The number of rotatable bonds is 12. The second kappa shape index (κ2) is 14.4. The van der Waals surface area contributed by atoms with Crippen LogP contribution in [-0.4, -0.2) is 73.5 Å². The molecule has 51 heavy (non-hydrogen) atoms. The number of imidazole rings is 2. The molecule has 6 rings (SSSR count). The Morgan fingerprint density at radius 3 is 1.96 bits per heavy atom. The van der Waals surface area contributed by atoms with Crippen LogP contribution in [0.2, 0.25) is 0 Å². The maximum Gasteiger partial charge on any atom is 0.405 e. The number of carbonyl (C=O) groups is 4. The third kappa shape index (κ3) is 7.38. The maximum absolute atomic E-state index is 13.3. The van der Waals surface area contributed by atoms with E-state index in [0.717, 1.165) is 59.3 Å². The Balaban J connectivity index is 1.11. The molecule has 3 atom stereocenters. The zero-order valence-corrected chi connectivity index (χ0v) is 29.5. The summed E-state index contributed by atoms with van der Waals surface area (Å²) in [5.41, 5.74) is 5.04. The molecule has 1 aliphatic carbocycles. The van der Waals surface area contributed by atoms with Gasteiger partial charge in [-0.05, 0) is 59.8 Å². The van der Waals surface area contributed by atoms with E-state index in [0.29, 0.717) is 18.2 Å². The second-order valence-corrected chi connectivity index (χ2v) is 14.2. The first-order valence-corrected chi connectivity index (χ1v) is 17.4. The van der Waals surface area contributed by atoms with E-state index < -0.39 is 29.6 Å². The average molecular weight is 696 g/mol. The normalized spacial score (nSPS) is 17.6. The van der Waals surface area contributed by atoms with Gasteiger partial charge in [0.25, 0.3) is 0 Å². The lowest BCUT2D eigenvalue weighted by Gasteiger charge is -2.29. The largest absolute Gasteiger partial charge is 0.468 e. The smallest absolute Gasteiger partial charge is 0.405 e. The molecule has 2 fully saturated rings. The third-order valence-corrected chi connectivity index (χ3v) is 9.93. The van der Waals surface area contributed by atoms with Crippen molar-refractivity contribution in [1.82, 2.24) is 35.5 Å². The summed E-state index contributed by atoms with van der Waals surface area (Å²) in [6.45, 7) is 7.85. The van der Waals surface area contributed by atoms with Crippen LogP contribution in [0.25, 0.3) is 33.6 Å². The molecule has 2 aliphatic rings. The highest BCUT2D eigenvalue weighted by molar-refractivity contribution is 5.98. The quantitative estimate of drug-likeness (QED) is 0.0932. The molecule has 2 aromatic carbocycles. The van der Waals surface area contributed by atoms with E-state index in [1.807, 2.05) is 76.2 Å². The van der Waals surface area contributed by atoms with E-state index in [1.165, 1.54) is 7.11 Å². The number of nitrogens with zero attached hydrogens (tertiary/aromatic N) is 3. The van der Waals surface area contributed by atoms with Crippen LogP contribution >= 0.6 is 0 Å². The standard InChI is InChI=1S/C38H45N7O6/c1-21(2)30(35(48)51-5)33(46)44-38(16-17-38)36-40-20-28(42-36)26-14-10-24(11-15-26)23-8-12-25(13-9-23)27-19-39-32(41-27)29-7-6-18-45(29)34(47)31(22(3)4)43-37(49)50/h8-15,19-22,29-31,43H,6-7,16-18H2,1-5H3,(H,39,41)(H,40,42)(H,44,46)(H,49,50). The number of carboxylic acid groups (broad SMARTS) is 1. The predicted molar refractivity (Wildman–Crippen MR) is 190 cm³/mol. The van der Waals surface area contributed by atoms with Crippen molar-refractivity contribution in [3.05, 3.63) is 72.6 Å². The van der Waals surface area contributed by atoms with Gasteiger partial charge in [0, 0.05) is 6.54 Å². The molecule has 5 N–H and O–H groups in total. The number of carbonyl (C=O) groups excluding carboxylic acids is 3. The van der Waals surface area contributed by atoms with Crippen LogP contribution < -0.4 is 10.6 Å². The van der Waals surface area contributed by atoms with E-state index in [4.69, 9.17) is 4.74 Å². The number of benzene rings is 2. The van der Waals surface area contributed by atoms with Crippen LogP contribution in [0.1, 0.15) is 71.1 Å². The zero-order valence-electron chi connectivity index (χ0n) is 29.5. The Labute approximate surface area is 296 Å². The van der Waals surface area contributed by atoms with E-state index in [-0.39, 0.29) is 29.7 Å². The van der Waals surface area contributed by atoms with Gasteiger partial charge < -0.3 is 35.3 Å². The van der Waals surface area contributed by atoms with Gasteiger partial charge in [-0.3, -0.25) is 14.4 Å². The van der Waals surface area contributed by atoms with Crippen molar-refractivity contribution in [2.75, 3.05) is 13.7 Å². The average Bonchev–Trinajstić information content (AvgIpc) is 3.53. The number of amides is 3. The summed E-state index contributed by atoms with van der Waals surface area (Å²) in [7, 11) is 1.29. The number of H-pyrrole nitrogens is 2. The summed E-state index contributed by atoms with van der Waals surface area (Å²) in [6, 6.07) is 15.2. The van der Waals surface area contributed by atoms with Gasteiger partial charge >= 0.3 is 12.1 Å². The summed E-state index contributed by atoms with van der Waals surface area (Å²) in [5.74, 6) is -1.04. The first-order valence-electron chi connectivity index (χ1n) is 17.4. The molecule has 3 heterocycles. The minimum absolute atomic E-state index is 0.185. The number of ether oxygens (including phenoxy) is 1. The SMILES string of the molecule is COC(=O)C(C(=O)NC1(c2ncc(-c3ccc(-c4ccc(-c5cnc(C6CCCN6C(=O)C(NC(=O)O)C(C)C)[nH]5)cc4)cc3)[nH]2)CC1)C(C)C. The monoisotopic (exact) mass is 695 g/mol. The van der Waals surface area contributed by atoms with Crippen LogP contribution in [0.3, 0.4) is 0 Å². The Hall–Kier alpha value is -5.46. The molecule has 13 heteroatoms. The maximum atomic E-state index is 13.3. The molecule has 1 saturated carbocycles. The lowest BCUT2D eigenvalue weighted by atomic mass is 9.94. The minimum Gasteiger partial charge on any atom is -0.468 e. The first kappa shape index (κ1) is 35.4. The molecule has 3 amide bonds. The number of nitrogens with one attached hydrogen (secondary N) is 4. The molecule has 0 bridgehead atoms. The van der Waals surface area contributed by atoms with Crippen molar-refractivity contribution in [3.63, 3.8) is 0 Å². The number of likely N-dealkylation sites (tertiary alicyclic amines) is 1. The number of aromatic nitrogens is 4. The molecule has 13 nitrogen and oxygen atoms in total. The van der Waals surface area contributed by atoms with Crippen molar-refractivity contribution in [2.24, 2.45) is 17.8 Å². The van der Waals surface area contributed by atoms with Gasteiger partial charge in [0.05, 0.1) is 42.5 Å². The lowest BCUT2D eigenvalue weighted by molar-refractivity contribution is -0.152. The van der Waals surface area contributed by atoms with Crippen LogP contribution in [0.4, 0.5) is 4.79 Å². The summed E-state index contributed by atoms with van der Waals surface area (Å²) in [4.78, 5) is 67.6. The third-order valence-electron chi connectivity index (χ3n) is 9.93. The highest BCUT2D eigenvalue weighted by atomic mass is 16.5. The van der Waals surface area contributed by atoms with Crippen molar-refractivity contribution in [2.45, 2.75) is 71.0 Å². The van der Waals surface area contributed by atoms with E-state index in [2.05, 4.69) is 30.6 Å². The molecular weight excluding hydrogens is 650 g/mol. The number of hydrogen-bond acceptors (Lipinski definition) is 7. The van der Waals surface area contributed by atoms with Gasteiger partial charge in [0.1, 0.15) is 23.6 Å². The predicted octanol–water partition coefficient (Wildman–Crippen LogP) is 5.64. The van der Waals surface area contributed by atoms with Gasteiger partial charge in [0.2, 0.25) is 11.8 Å². The summed E-state index contributed by atoms with van der Waals surface area (Å²) < 4.78 is 4.86. The molecule has 2 aromatic heterocycles. The Bertz CT molecular complexity index is 1890. The number of hydrogen-bond donors (Lipinski definition) is 5. The van der Waals surface area contributed by atoms with Gasteiger partial charge in [-0.15, -0.1) is 0 Å². The summed E-state index contributed by atoms with van der Waals surface area (Å²) >= 11 is 0. The molecular formula is C38H45N7O6. The molecule has 3 unspecified atom stereocenters. The van der Waals surface area contributed by atoms with E-state index in [1.54, 1.807) is 17.3 Å². The second-order valence-electron chi connectivity index (χ2n) is 14.2. The molecule has 0 spiro atoms. The van der Waals surface area contributed by atoms with Crippen LogP contribution in [0.5, 0.6) is 0 Å². The number of methoxy groups -OCH3 is 1. The molecule has 1 saturated heterocycles. The highest BCUT2D eigenvalue weighted by Gasteiger charge is 2.50. The molecule has 1 aliphatic heterocycles. The highest BCUT2D eigenvalue weighted by Crippen LogP contribution is 2.45. The minimum atomic E-state index is -1.21. The van der Waals surface area contributed by atoms with Crippen LogP contribution in [0.15, 0.2) is 60.9 Å². The van der Waals surface area contributed by atoms with Gasteiger partial charge in [-0.2, -0.15) is 0 Å². The fourth-order valence-electron chi connectivity index (χ4n) is 6.86. The zero-order chi connectivity index (χ0) is 36.4. The van der Waals surface area contributed by atoms with Crippen molar-refractivity contribution in [3.8, 4) is 33.6 Å². The van der Waals surface area contributed by atoms with Crippen molar-refractivity contribution in [1.29, 1.82) is 0 Å². The Morgan fingerprint density at radius 1 is 0.863 bits per heavy atom. The number of aromatic amines is 2. The van der Waals surface area contributed by atoms with E-state index >= 15 is 0 Å².